The highest BCUT2D eigenvalue weighted by Gasteiger charge is 2.27. The van der Waals surface area contributed by atoms with Crippen LogP contribution in [0.5, 0.6) is 0 Å². The average Bonchev–Trinajstić information content (AvgIpc) is 3.39. The molecule has 1 aromatic carbocycles. The number of quaternary nitrogens is 1. The first-order chi connectivity index (χ1) is 15.8. The summed E-state index contributed by atoms with van der Waals surface area (Å²) in [4.78, 5) is 25.9. The van der Waals surface area contributed by atoms with Gasteiger partial charge in [0, 0.05) is 30.1 Å². The van der Waals surface area contributed by atoms with Crippen LogP contribution in [0.1, 0.15) is 29.4 Å². The molecule has 9 heteroatoms. The Morgan fingerprint density at radius 1 is 0.969 bits per heavy atom. The van der Waals surface area contributed by atoms with E-state index in [2.05, 4.69) is 29.7 Å². The van der Waals surface area contributed by atoms with Crippen molar-refractivity contribution in [2.75, 3.05) is 0 Å². The van der Waals surface area contributed by atoms with E-state index >= 15 is 0 Å². The summed E-state index contributed by atoms with van der Waals surface area (Å²) in [6.07, 6.45) is 9.12. The van der Waals surface area contributed by atoms with Crippen molar-refractivity contribution in [3.63, 3.8) is 0 Å². The number of pyridine rings is 2. The third kappa shape index (κ3) is 3.34. The molecule has 2 N–H and O–H groups in total. The molecular formula is C23H19N8O+. The molecule has 1 fully saturated rings. The number of benzene rings is 1. The SMILES string of the molecule is O=C([NH2+]c1cccc(-c2nncn2C2CC2)c1)c1cc(-n2cnc3ncccc32)ccn1. The lowest BCUT2D eigenvalue weighted by Gasteiger charge is -2.07. The van der Waals surface area contributed by atoms with E-state index in [1.54, 1.807) is 36.4 Å². The molecule has 156 valence electrons. The van der Waals surface area contributed by atoms with Gasteiger partial charge in [-0.15, -0.1) is 10.2 Å². The number of carbonyl (C=O) groups is 1. The number of hydrogen-bond acceptors (Lipinski definition) is 6. The number of rotatable bonds is 5. The summed E-state index contributed by atoms with van der Waals surface area (Å²) in [5.74, 6) is 0.658. The fraction of sp³-hybridized carbons (Fsp3) is 0.130. The molecule has 0 atom stereocenters. The third-order valence-electron chi connectivity index (χ3n) is 5.55. The summed E-state index contributed by atoms with van der Waals surface area (Å²) >= 11 is 0. The molecule has 5 aromatic rings. The Morgan fingerprint density at radius 2 is 1.91 bits per heavy atom. The molecular weight excluding hydrogens is 404 g/mol. The summed E-state index contributed by atoms with van der Waals surface area (Å²) < 4.78 is 4.00. The smallest absolute Gasteiger partial charge is 0.310 e. The fourth-order valence-electron chi connectivity index (χ4n) is 3.82. The molecule has 4 aromatic heterocycles. The van der Waals surface area contributed by atoms with Gasteiger partial charge in [-0.3, -0.25) is 4.57 Å². The van der Waals surface area contributed by atoms with Crippen LogP contribution >= 0.6 is 0 Å². The number of nitrogens with zero attached hydrogens (tertiary/aromatic N) is 7. The molecule has 1 aliphatic carbocycles. The van der Waals surface area contributed by atoms with Gasteiger partial charge >= 0.3 is 5.91 Å². The van der Waals surface area contributed by atoms with E-state index in [1.807, 2.05) is 47.0 Å². The molecule has 0 spiro atoms. The minimum absolute atomic E-state index is 0.171. The predicted octanol–water partition coefficient (Wildman–Crippen LogP) is 2.44. The van der Waals surface area contributed by atoms with Gasteiger partial charge in [0.2, 0.25) is 0 Å². The van der Waals surface area contributed by atoms with Crippen LogP contribution in [0.4, 0.5) is 5.69 Å². The quantitative estimate of drug-likeness (QED) is 0.435. The maximum Gasteiger partial charge on any atom is 0.366 e. The Labute approximate surface area is 182 Å². The van der Waals surface area contributed by atoms with Gasteiger partial charge in [0.1, 0.15) is 18.3 Å². The van der Waals surface area contributed by atoms with Crippen LogP contribution in [0.15, 0.2) is 73.6 Å². The van der Waals surface area contributed by atoms with Gasteiger partial charge in [-0.05, 0) is 43.2 Å². The molecule has 32 heavy (non-hydrogen) atoms. The Morgan fingerprint density at radius 3 is 2.81 bits per heavy atom. The number of primary amides is 1. The van der Waals surface area contributed by atoms with Crippen molar-refractivity contribution in [1.29, 1.82) is 0 Å². The molecule has 0 saturated heterocycles. The second kappa shape index (κ2) is 7.47. The Hall–Kier alpha value is -4.24. The first-order valence-corrected chi connectivity index (χ1v) is 10.4. The van der Waals surface area contributed by atoms with E-state index in [0.29, 0.717) is 17.4 Å². The first kappa shape index (κ1) is 18.5. The number of carbonyl (C=O) groups excluding carboxylic acids is 1. The Bertz CT molecular complexity index is 1450. The zero-order valence-corrected chi connectivity index (χ0v) is 17.0. The molecule has 0 radical (unpaired) electrons. The molecule has 1 amide bonds. The Balaban J connectivity index is 1.27. The lowest BCUT2D eigenvalue weighted by Crippen LogP contribution is -2.82. The minimum Gasteiger partial charge on any atom is -0.310 e. The van der Waals surface area contributed by atoms with Crippen molar-refractivity contribution in [3.05, 3.63) is 79.3 Å². The van der Waals surface area contributed by atoms with Crippen LogP contribution < -0.4 is 5.32 Å². The van der Waals surface area contributed by atoms with Crippen molar-refractivity contribution < 1.29 is 10.1 Å². The van der Waals surface area contributed by atoms with Gasteiger partial charge in [0.25, 0.3) is 0 Å². The van der Waals surface area contributed by atoms with Gasteiger partial charge < -0.3 is 4.57 Å². The molecule has 0 aliphatic heterocycles. The maximum absolute atomic E-state index is 13.0. The zero-order valence-electron chi connectivity index (χ0n) is 17.0. The largest absolute Gasteiger partial charge is 0.366 e. The lowest BCUT2D eigenvalue weighted by molar-refractivity contribution is -0.464. The molecule has 0 unspecified atom stereocenters. The summed E-state index contributed by atoms with van der Waals surface area (Å²) in [6, 6.07) is 15.7. The molecule has 4 heterocycles. The number of amides is 1. The van der Waals surface area contributed by atoms with E-state index in [-0.39, 0.29) is 5.91 Å². The van der Waals surface area contributed by atoms with E-state index in [4.69, 9.17) is 0 Å². The molecule has 1 aliphatic rings. The van der Waals surface area contributed by atoms with Crippen molar-refractivity contribution in [3.8, 4) is 17.1 Å². The number of fused-ring (bicyclic) bond motifs is 1. The van der Waals surface area contributed by atoms with Gasteiger partial charge in [0.05, 0.1) is 11.2 Å². The monoisotopic (exact) mass is 423 g/mol. The predicted molar refractivity (Wildman–Crippen MR) is 116 cm³/mol. The summed E-state index contributed by atoms with van der Waals surface area (Å²) in [6.45, 7) is 0. The van der Waals surface area contributed by atoms with E-state index in [1.165, 1.54) is 0 Å². The normalized spacial score (nSPS) is 13.5. The highest BCUT2D eigenvalue weighted by Crippen LogP contribution is 2.37. The van der Waals surface area contributed by atoms with Gasteiger partial charge in [-0.2, -0.15) is 0 Å². The summed E-state index contributed by atoms with van der Waals surface area (Å²) in [7, 11) is 0. The average molecular weight is 423 g/mol. The second-order valence-electron chi connectivity index (χ2n) is 7.79. The topological polar surface area (TPSA) is 108 Å². The lowest BCUT2D eigenvalue weighted by atomic mass is 10.2. The third-order valence-corrected chi connectivity index (χ3v) is 5.55. The number of hydrogen-bond donors (Lipinski definition) is 1. The van der Waals surface area contributed by atoms with Crippen LogP contribution in [0.3, 0.4) is 0 Å². The van der Waals surface area contributed by atoms with Crippen molar-refractivity contribution in [1.82, 2.24) is 34.3 Å². The molecule has 6 rings (SSSR count). The second-order valence-corrected chi connectivity index (χ2v) is 7.79. The molecule has 9 nitrogen and oxygen atoms in total. The maximum atomic E-state index is 13.0. The van der Waals surface area contributed by atoms with Gasteiger partial charge in [-0.25, -0.2) is 25.1 Å². The highest BCUT2D eigenvalue weighted by atomic mass is 16.1. The first-order valence-electron chi connectivity index (χ1n) is 10.4. The highest BCUT2D eigenvalue weighted by molar-refractivity contribution is 5.86. The standard InChI is InChI=1S/C23H18N8O/c32-23(19-12-18(8-10-24-19)30-13-26-21-20(30)5-2-9-25-21)28-16-4-1-3-15(11-16)22-29-27-14-31(22)17-6-7-17/h1-5,8-14,17H,6-7H2,(H,28,32)/p+1. The van der Waals surface area contributed by atoms with E-state index < -0.39 is 0 Å². The minimum atomic E-state index is -0.171. The van der Waals surface area contributed by atoms with Crippen LogP contribution in [0, 0.1) is 0 Å². The summed E-state index contributed by atoms with van der Waals surface area (Å²) in [5.41, 5.74) is 4.42. The van der Waals surface area contributed by atoms with Crippen LogP contribution in [0.2, 0.25) is 0 Å². The van der Waals surface area contributed by atoms with E-state index in [0.717, 1.165) is 41.1 Å². The van der Waals surface area contributed by atoms with Crippen LogP contribution in [-0.2, 0) is 0 Å². The van der Waals surface area contributed by atoms with Crippen LogP contribution in [-0.4, -0.2) is 40.2 Å². The van der Waals surface area contributed by atoms with Crippen molar-refractivity contribution in [2.45, 2.75) is 18.9 Å². The number of aromatic nitrogens is 7. The number of imidazole rings is 1. The number of nitrogens with two attached hydrogens (primary N) is 1. The van der Waals surface area contributed by atoms with Crippen molar-refractivity contribution >= 4 is 22.8 Å². The van der Waals surface area contributed by atoms with Gasteiger partial charge in [-0.1, -0.05) is 12.1 Å². The summed E-state index contributed by atoms with van der Waals surface area (Å²) in [5, 5.41) is 9.94. The van der Waals surface area contributed by atoms with Crippen LogP contribution in [0.25, 0.3) is 28.2 Å². The molecule has 1 saturated carbocycles. The van der Waals surface area contributed by atoms with Gasteiger partial charge in [0.15, 0.2) is 17.2 Å². The van der Waals surface area contributed by atoms with E-state index in [9.17, 15) is 4.79 Å². The molecule has 0 bridgehead atoms. The van der Waals surface area contributed by atoms with Crippen molar-refractivity contribution in [2.24, 2.45) is 0 Å². The zero-order chi connectivity index (χ0) is 21.5. The fourth-order valence-corrected chi connectivity index (χ4v) is 3.82. The Kier molecular flexibility index (Phi) is 4.32.